The molecular weight excluding hydrogens is 351 g/mol. The monoisotopic (exact) mass is 374 g/mol. The second kappa shape index (κ2) is 9.66. The molecule has 0 aliphatic carbocycles. The summed E-state index contributed by atoms with van der Waals surface area (Å²) in [6.45, 7) is 5.89. The zero-order valence-corrected chi connectivity index (χ0v) is 15.3. The molecule has 0 fully saturated rings. The zero-order chi connectivity index (χ0) is 19.8. The minimum atomic E-state index is -0.541. The van der Waals surface area contributed by atoms with Crippen LogP contribution in [0.25, 0.3) is 11.1 Å². The van der Waals surface area contributed by atoms with E-state index < -0.39 is 17.1 Å². The predicted octanol–water partition coefficient (Wildman–Crippen LogP) is 3.02. The highest BCUT2D eigenvalue weighted by Gasteiger charge is 2.08. The van der Waals surface area contributed by atoms with Crippen molar-refractivity contribution in [3.63, 3.8) is 0 Å². The summed E-state index contributed by atoms with van der Waals surface area (Å²) in [5.74, 6) is -0.836. The summed E-state index contributed by atoms with van der Waals surface area (Å²) in [5, 5.41) is 0. The van der Waals surface area contributed by atoms with Crippen LogP contribution in [0.1, 0.15) is 32.6 Å². The van der Waals surface area contributed by atoms with Crippen molar-refractivity contribution in [3.8, 4) is 11.1 Å². The van der Waals surface area contributed by atoms with Gasteiger partial charge in [0.05, 0.1) is 12.2 Å². The number of benzene rings is 1. The molecule has 2 rings (SSSR count). The van der Waals surface area contributed by atoms with Gasteiger partial charge in [0.2, 0.25) is 0 Å². The van der Waals surface area contributed by atoms with Gasteiger partial charge in [-0.3, -0.25) is 14.3 Å². The molecule has 1 N–H and O–H groups in total. The lowest BCUT2D eigenvalue weighted by Crippen LogP contribution is -2.30. The number of ether oxygens (including phenoxy) is 1. The number of aromatic amines is 1. The molecule has 0 saturated heterocycles. The Bertz CT molecular complexity index is 930. The number of halogens is 1. The highest BCUT2D eigenvalue weighted by atomic mass is 19.1. The molecule has 0 aliphatic rings. The molecule has 6 nitrogen and oxygen atoms in total. The fourth-order valence-electron chi connectivity index (χ4n) is 2.56. The fourth-order valence-corrected chi connectivity index (χ4v) is 2.56. The van der Waals surface area contributed by atoms with Crippen LogP contribution in [-0.2, 0) is 16.1 Å². The molecule has 0 aliphatic heterocycles. The number of H-pyrrole nitrogens is 1. The molecular formula is C20H23FN2O4. The largest absolute Gasteiger partial charge is 0.462 e. The van der Waals surface area contributed by atoms with Crippen LogP contribution >= 0.6 is 0 Å². The van der Waals surface area contributed by atoms with Crippen molar-refractivity contribution < 1.29 is 13.9 Å². The van der Waals surface area contributed by atoms with Gasteiger partial charge in [0.25, 0.3) is 5.56 Å². The van der Waals surface area contributed by atoms with Crippen molar-refractivity contribution in [2.75, 3.05) is 6.61 Å². The minimum absolute atomic E-state index is 0.251. The Kier molecular flexibility index (Phi) is 7.28. The quantitative estimate of drug-likeness (QED) is 0.416. The van der Waals surface area contributed by atoms with Crippen LogP contribution in [0.2, 0.25) is 0 Å². The van der Waals surface area contributed by atoms with E-state index in [0.717, 1.165) is 25.7 Å². The second-order valence-corrected chi connectivity index (χ2v) is 6.34. The second-order valence-electron chi connectivity index (χ2n) is 6.34. The Morgan fingerprint density at radius 3 is 2.67 bits per heavy atom. The lowest BCUT2D eigenvalue weighted by Gasteiger charge is -2.08. The van der Waals surface area contributed by atoms with Crippen molar-refractivity contribution in [2.45, 2.75) is 39.2 Å². The minimum Gasteiger partial charge on any atom is -0.462 e. The molecule has 0 radical (unpaired) electrons. The first-order valence-corrected chi connectivity index (χ1v) is 8.81. The lowest BCUT2D eigenvalue weighted by molar-refractivity contribution is -0.139. The van der Waals surface area contributed by atoms with Crippen molar-refractivity contribution in [2.24, 2.45) is 0 Å². The molecule has 0 bridgehead atoms. The first kappa shape index (κ1) is 20.4. The van der Waals surface area contributed by atoms with Gasteiger partial charge >= 0.3 is 11.7 Å². The Balaban J connectivity index is 1.89. The fraction of sp³-hybridized carbons (Fsp3) is 0.350. The first-order valence-electron chi connectivity index (χ1n) is 8.81. The Morgan fingerprint density at radius 2 is 1.96 bits per heavy atom. The number of nitrogens with zero attached hydrogens (tertiary/aromatic N) is 1. The number of esters is 1. The number of hydrogen-bond acceptors (Lipinski definition) is 4. The van der Waals surface area contributed by atoms with Gasteiger partial charge in [0.1, 0.15) is 5.82 Å². The van der Waals surface area contributed by atoms with Gasteiger partial charge in [-0.25, -0.2) is 14.0 Å². The van der Waals surface area contributed by atoms with Crippen molar-refractivity contribution in [3.05, 3.63) is 69.3 Å². The van der Waals surface area contributed by atoms with Gasteiger partial charge < -0.3 is 4.74 Å². The molecule has 0 amide bonds. The number of rotatable bonds is 9. The summed E-state index contributed by atoms with van der Waals surface area (Å²) in [5.41, 5.74) is 0.0170. The van der Waals surface area contributed by atoms with Gasteiger partial charge in [0, 0.05) is 18.3 Å². The molecule has 2 aromatic rings. The van der Waals surface area contributed by atoms with Crippen molar-refractivity contribution in [1.82, 2.24) is 9.55 Å². The summed E-state index contributed by atoms with van der Waals surface area (Å²) in [6.07, 6.45) is 4.60. The Morgan fingerprint density at radius 1 is 1.22 bits per heavy atom. The molecule has 27 heavy (non-hydrogen) atoms. The van der Waals surface area contributed by atoms with E-state index in [1.807, 2.05) is 0 Å². The van der Waals surface area contributed by atoms with E-state index in [-0.39, 0.29) is 11.5 Å². The van der Waals surface area contributed by atoms with Crippen LogP contribution in [0.3, 0.4) is 0 Å². The number of hydrogen-bond donors (Lipinski definition) is 1. The Labute approximate surface area is 156 Å². The maximum atomic E-state index is 13.4. The predicted molar refractivity (Wildman–Crippen MR) is 101 cm³/mol. The topological polar surface area (TPSA) is 81.2 Å². The summed E-state index contributed by atoms with van der Waals surface area (Å²) in [6, 6.07) is 5.68. The van der Waals surface area contributed by atoms with E-state index in [0.29, 0.717) is 24.3 Å². The van der Waals surface area contributed by atoms with E-state index in [1.165, 1.54) is 29.0 Å². The maximum absolute atomic E-state index is 13.4. The molecule has 0 spiro atoms. The van der Waals surface area contributed by atoms with E-state index in [1.54, 1.807) is 13.0 Å². The molecule has 0 unspecified atom stereocenters. The lowest BCUT2D eigenvalue weighted by atomic mass is 10.1. The number of aryl methyl sites for hydroxylation is 1. The number of nitrogens with one attached hydrogen (secondary N) is 1. The van der Waals surface area contributed by atoms with Crippen LogP contribution in [0.5, 0.6) is 0 Å². The molecule has 1 heterocycles. The number of aromatic nitrogens is 2. The summed E-state index contributed by atoms with van der Waals surface area (Å²) in [7, 11) is 0. The van der Waals surface area contributed by atoms with Gasteiger partial charge in [-0.15, -0.1) is 0 Å². The van der Waals surface area contributed by atoms with Gasteiger partial charge in [-0.05, 0) is 43.9 Å². The molecule has 0 atom stereocenters. The van der Waals surface area contributed by atoms with E-state index in [2.05, 4.69) is 11.6 Å². The molecule has 7 heteroatoms. The first-order chi connectivity index (χ1) is 12.9. The van der Waals surface area contributed by atoms with Crippen LogP contribution < -0.4 is 11.2 Å². The summed E-state index contributed by atoms with van der Waals surface area (Å²) < 4.78 is 19.8. The average molecular weight is 374 g/mol. The van der Waals surface area contributed by atoms with Gasteiger partial charge in [0.15, 0.2) is 0 Å². The van der Waals surface area contributed by atoms with E-state index in [9.17, 15) is 18.8 Å². The molecule has 0 saturated carbocycles. The summed E-state index contributed by atoms with van der Waals surface area (Å²) in [4.78, 5) is 37.5. The number of unbranched alkanes of at least 4 members (excludes halogenated alkanes) is 3. The molecule has 144 valence electrons. The molecule has 1 aromatic heterocycles. The standard InChI is InChI=1S/C20H23FN2O4/c1-14(2)19(25)27-11-6-4-3-5-10-23-13-17(18(24)22-20(23)26)15-8-7-9-16(21)12-15/h7-9,12-13H,1,3-6,10-11H2,2H3,(H,22,24,26). The maximum Gasteiger partial charge on any atom is 0.333 e. The smallest absolute Gasteiger partial charge is 0.333 e. The zero-order valence-electron chi connectivity index (χ0n) is 15.3. The highest BCUT2D eigenvalue weighted by molar-refractivity contribution is 5.86. The van der Waals surface area contributed by atoms with Crippen molar-refractivity contribution in [1.29, 1.82) is 0 Å². The molecule has 1 aromatic carbocycles. The van der Waals surface area contributed by atoms with Crippen LogP contribution in [0.4, 0.5) is 4.39 Å². The normalized spacial score (nSPS) is 10.6. The van der Waals surface area contributed by atoms with Gasteiger partial charge in [-0.2, -0.15) is 0 Å². The van der Waals surface area contributed by atoms with E-state index in [4.69, 9.17) is 4.74 Å². The van der Waals surface area contributed by atoms with Crippen molar-refractivity contribution >= 4 is 5.97 Å². The van der Waals surface area contributed by atoms with Crippen LogP contribution in [0, 0.1) is 5.82 Å². The van der Waals surface area contributed by atoms with Crippen LogP contribution in [-0.4, -0.2) is 22.1 Å². The summed E-state index contributed by atoms with van der Waals surface area (Å²) >= 11 is 0. The highest BCUT2D eigenvalue weighted by Crippen LogP contribution is 2.15. The SMILES string of the molecule is C=C(C)C(=O)OCCCCCCn1cc(-c2cccc(F)c2)c(=O)[nH]c1=O. The third-order valence-corrected chi connectivity index (χ3v) is 4.02. The number of carbonyl (C=O) groups excluding carboxylic acids is 1. The third kappa shape index (κ3) is 6.06. The third-order valence-electron chi connectivity index (χ3n) is 4.02. The average Bonchev–Trinajstić information content (AvgIpc) is 2.62. The van der Waals surface area contributed by atoms with Crippen LogP contribution in [0.15, 0.2) is 52.2 Å². The Hall–Kier alpha value is -2.96. The van der Waals surface area contributed by atoms with Gasteiger partial charge in [-0.1, -0.05) is 25.1 Å². The van der Waals surface area contributed by atoms with E-state index >= 15 is 0 Å². The number of carbonyl (C=O) groups is 1.